The van der Waals surface area contributed by atoms with Crippen LogP contribution in [0.4, 0.5) is 10.5 Å². The maximum absolute atomic E-state index is 12.4. The van der Waals surface area contributed by atoms with Crippen LogP contribution < -0.4 is 15.4 Å². The van der Waals surface area contributed by atoms with Crippen LogP contribution in [0, 0.1) is 0 Å². The van der Waals surface area contributed by atoms with Gasteiger partial charge in [-0.25, -0.2) is 17.9 Å². The molecular weight excluding hydrogens is 362 g/mol. The number of benzene rings is 1. The third-order valence-electron chi connectivity index (χ3n) is 4.86. The smallest absolute Gasteiger partial charge is 0.308 e. The maximum atomic E-state index is 12.4. The number of para-hydroxylation sites is 1. The SMILES string of the molecule is CC(C)c1cccc(C(C)C)c1NC(=O)NS(=O)(=O)C=CC1(C)CCCN1. The molecule has 2 amide bonds. The second-order valence-corrected chi connectivity index (χ2v) is 9.54. The minimum atomic E-state index is -3.88. The molecule has 1 fully saturated rings. The van der Waals surface area contributed by atoms with Gasteiger partial charge in [0, 0.05) is 16.6 Å². The molecule has 1 atom stereocenters. The molecule has 150 valence electrons. The van der Waals surface area contributed by atoms with Crippen LogP contribution in [0.5, 0.6) is 0 Å². The molecule has 6 nitrogen and oxygen atoms in total. The Morgan fingerprint density at radius 3 is 2.26 bits per heavy atom. The van der Waals surface area contributed by atoms with Crippen LogP contribution >= 0.6 is 0 Å². The first kappa shape index (κ1) is 21.4. The van der Waals surface area contributed by atoms with E-state index in [0.29, 0.717) is 5.69 Å². The molecule has 1 aromatic rings. The van der Waals surface area contributed by atoms with Gasteiger partial charge in [0.2, 0.25) is 0 Å². The number of amides is 2. The van der Waals surface area contributed by atoms with E-state index in [0.717, 1.165) is 35.9 Å². The third-order valence-corrected chi connectivity index (χ3v) is 5.83. The van der Waals surface area contributed by atoms with Crippen molar-refractivity contribution >= 4 is 21.7 Å². The average Bonchev–Trinajstić information content (AvgIpc) is 2.99. The molecule has 0 aliphatic carbocycles. The third kappa shape index (κ3) is 5.81. The number of carbonyl (C=O) groups excluding carboxylic acids is 1. The predicted octanol–water partition coefficient (Wildman–Crippen LogP) is 4.04. The van der Waals surface area contributed by atoms with Gasteiger partial charge in [-0.2, -0.15) is 0 Å². The number of carbonyl (C=O) groups is 1. The van der Waals surface area contributed by atoms with Crippen LogP contribution in [0.1, 0.15) is 70.4 Å². The lowest BCUT2D eigenvalue weighted by atomic mass is 9.93. The van der Waals surface area contributed by atoms with E-state index in [1.807, 2.05) is 52.8 Å². The van der Waals surface area contributed by atoms with E-state index < -0.39 is 16.1 Å². The Balaban J connectivity index is 2.16. The maximum Gasteiger partial charge on any atom is 0.333 e. The van der Waals surface area contributed by atoms with Crippen molar-refractivity contribution in [2.24, 2.45) is 0 Å². The molecule has 3 N–H and O–H groups in total. The van der Waals surface area contributed by atoms with Crippen molar-refractivity contribution in [1.29, 1.82) is 0 Å². The molecule has 1 aliphatic heterocycles. The van der Waals surface area contributed by atoms with E-state index in [-0.39, 0.29) is 17.4 Å². The molecule has 1 aromatic carbocycles. The van der Waals surface area contributed by atoms with Crippen molar-refractivity contribution in [3.63, 3.8) is 0 Å². The van der Waals surface area contributed by atoms with E-state index in [1.165, 1.54) is 0 Å². The highest BCUT2D eigenvalue weighted by Crippen LogP contribution is 2.32. The molecule has 1 saturated heterocycles. The Morgan fingerprint density at radius 2 is 1.78 bits per heavy atom. The standard InChI is InChI=1S/C20H31N3O3S/c1-14(2)16-8-6-9-17(15(3)4)18(16)22-19(24)23-27(25,26)13-11-20(5)10-7-12-21-20/h6,8-9,11,13-15,21H,7,10,12H2,1-5H3,(H2,22,23,24). The van der Waals surface area contributed by atoms with Crippen LogP contribution in [0.2, 0.25) is 0 Å². The molecule has 0 aromatic heterocycles. The molecular formula is C20H31N3O3S. The lowest BCUT2D eigenvalue weighted by Gasteiger charge is -2.20. The number of anilines is 1. The summed E-state index contributed by atoms with van der Waals surface area (Å²) in [6.45, 7) is 11.0. The first-order chi connectivity index (χ1) is 12.5. The van der Waals surface area contributed by atoms with Gasteiger partial charge in [-0.3, -0.25) is 0 Å². The van der Waals surface area contributed by atoms with E-state index in [4.69, 9.17) is 0 Å². The van der Waals surface area contributed by atoms with Crippen LogP contribution in [0.3, 0.4) is 0 Å². The van der Waals surface area contributed by atoms with Crippen molar-refractivity contribution in [3.8, 4) is 0 Å². The fourth-order valence-electron chi connectivity index (χ4n) is 3.30. The Bertz CT molecular complexity index is 782. The molecule has 27 heavy (non-hydrogen) atoms. The normalized spacial score (nSPS) is 20.6. The van der Waals surface area contributed by atoms with Gasteiger partial charge < -0.3 is 10.6 Å². The highest BCUT2D eigenvalue weighted by molar-refractivity contribution is 7.92. The van der Waals surface area contributed by atoms with E-state index in [1.54, 1.807) is 6.08 Å². The Hall–Kier alpha value is -1.86. The molecule has 1 aliphatic rings. The summed E-state index contributed by atoms with van der Waals surface area (Å²) >= 11 is 0. The van der Waals surface area contributed by atoms with Gasteiger partial charge in [0.05, 0.1) is 0 Å². The fraction of sp³-hybridized carbons (Fsp3) is 0.550. The largest absolute Gasteiger partial charge is 0.333 e. The van der Waals surface area contributed by atoms with Crippen molar-refractivity contribution in [2.75, 3.05) is 11.9 Å². The van der Waals surface area contributed by atoms with Gasteiger partial charge in [-0.1, -0.05) is 52.0 Å². The van der Waals surface area contributed by atoms with Gasteiger partial charge in [0.25, 0.3) is 10.0 Å². The summed E-state index contributed by atoms with van der Waals surface area (Å²) in [5.41, 5.74) is 2.29. The second-order valence-electron chi connectivity index (χ2n) is 7.97. The topological polar surface area (TPSA) is 87.3 Å². The summed E-state index contributed by atoms with van der Waals surface area (Å²) in [6, 6.07) is 5.11. The van der Waals surface area contributed by atoms with Crippen molar-refractivity contribution in [3.05, 3.63) is 40.8 Å². The predicted molar refractivity (Wildman–Crippen MR) is 110 cm³/mol. The zero-order chi connectivity index (χ0) is 20.2. The summed E-state index contributed by atoms with van der Waals surface area (Å²) in [4.78, 5) is 12.4. The first-order valence-corrected chi connectivity index (χ1v) is 11.0. The second kappa shape index (κ2) is 8.44. The molecule has 7 heteroatoms. The number of rotatable bonds is 6. The molecule has 1 unspecified atom stereocenters. The minimum Gasteiger partial charge on any atom is -0.308 e. The molecule has 0 spiro atoms. The highest BCUT2D eigenvalue weighted by atomic mass is 32.2. The summed E-state index contributed by atoms with van der Waals surface area (Å²) in [5.74, 6) is 0.396. The highest BCUT2D eigenvalue weighted by Gasteiger charge is 2.26. The minimum absolute atomic E-state index is 0.198. The Kier molecular flexibility index (Phi) is 6.70. The van der Waals surface area contributed by atoms with Gasteiger partial charge >= 0.3 is 6.03 Å². The molecule has 0 saturated carbocycles. The van der Waals surface area contributed by atoms with Gasteiger partial charge in [0.1, 0.15) is 0 Å². The van der Waals surface area contributed by atoms with Gasteiger partial charge in [-0.15, -0.1) is 0 Å². The number of urea groups is 1. The number of nitrogens with one attached hydrogen (secondary N) is 3. The first-order valence-electron chi connectivity index (χ1n) is 9.44. The van der Waals surface area contributed by atoms with Crippen molar-refractivity contribution in [1.82, 2.24) is 10.0 Å². The van der Waals surface area contributed by atoms with E-state index in [2.05, 4.69) is 15.4 Å². The monoisotopic (exact) mass is 393 g/mol. The molecule has 2 rings (SSSR count). The number of hydrogen-bond acceptors (Lipinski definition) is 4. The van der Waals surface area contributed by atoms with Crippen molar-refractivity contribution < 1.29 is 13.2 Å². The molecule has 0 bridgehead atoms. The van der Waals surface area contributed by atoms with Crippen LogP contribution in [-0.2, 0) is 10.0 Å². The summed E-state index contributed by atoms with van der Waals surface area (Å²) in [6.07, 6.45) is 3.47. The van der Waals surface area contributed by atoms with Crippen LogP contribution in [0.15, 0.2) is 29.7 Å². The van der Waals surface area contributed by atoms with Crippen molar-refractivity contribution in [2.45, 2.75) is 64.8 Å². The Labute approximate surface area is 162 Å². The van der Waals surface area contributed by atoms with Gasteiger partial charge in [-0.05, 0) is 49.3 Å². The fourth-order valence-corrected chi connectivity index (χ4v) is 4.15. The quantitative estimate of drug-likeness (QED) is 0.681. The van der Waals surface area contributed by atoms with Crippen LogP contribution in [0.25, 0.3) is 0 Å². The van der Waals surface area contributed by atoms with Gasteiger partial charge in [0.15, 0.2) is 0 Å². The van der Waals surface area contributed by atoms with E-state index >= 15 is 0 Å². The lowest BCUT2D eigenvalue weighted by molar-refractivity contribution is 0.256. The number of sulfonamides is 1. The van der Waals surface area contributed by atoms with E-state index in [9.17, 15) is 13.2 Å². The number of hydrogen-bond donors (Lipinski definition) is 3. The summed E-state index contributed by atoms with van der Waals surface area (Å²) in [7, 11) is -3.88. The zero-order valence-corrected chi connectivity index (χ0v) is 17.6. The summed E-state index contributed by atoms with van der Waals surface area (Å²) in [5, 5.41) is 7.09. The average molecular weight is 394 g/mol. The zero-order valence-electron chi connectivity index (χ0n) is 16.8. The Morgan fingerprint density at radius 1 is 1.19 bits per heavy atom. The van der Waals surface area contributed by atoms with Crippen LogP contribution in [-0.4, -0.2) is 26.5 Å². The molecule has 0 radical (unpaired) electrons. The molecule has 1 heterocycles. The summed E-state index contributed by atoms with van der Waals surface area (Å²) < 4.78 is 26.6. The lowest BCUT2D eigenvalue weighted by Crippen LogP contribution is -2.36.